The smallest absolute Gasteiger partial charge is 0.337 e. The van der Waals surface area contributed by atoms with Crippen LogP contribution >= 0.6 is 0 Å². The van der Waals surface area contributed by atoms with Crippen molar-refractivity contribution in [2.45, 2.75) is 13.5 Å². The molecule has 0 saturated heterocycles. The Morgan fingerprint density at radius 1 is 1.08 bits per heavy atom. The molecule has 0 saturated carbocycles. The van der Waals surface area contributed by atoms with E-state index in [4.69, 9.17) is 14.6 Å². The molecule has 0 bridgehead atoms. The maximum Gasteiger partial charge on any atom is 0.337 e. The highest BCUT2D eigenvalue weighted by molar-refractivity contribution is 5.87. The largest absolute Gasteiger partial charge is 0.489 e. The SMILES string of the molecule is Cc1cc(OCc2ccccc2)ccc1Oc1ccc(C(=O)O)cn1. The minimum Gasteiger partial charge on any atom is -0.489 e. The van der Waals surface area contributed by atoms with Gasteiger partial charge in [0.1, 0.15) is 18.1 Å². The molecule has 0 unspecified atom stereocenters. The number of aromatic nitrogens is 1. The first kappa shape index (κ1) is 16.5. The summed E-state index contributed by atoms with van der Waals surface area (Å²) in [7, 11) is 0. The molecule has 1 heterocycles. The number of rotatable bonds is 6. The zero-order valence-electron chi connectivity index (χ0n) is 13.7. The number of aromatic carboxylic acids is 1. The van der Waals surface area contributed by atoms with E-state index in [0.29, 0.717) is 18.2 Å². The molecule has 0 aliphatic heterocycles. The summed E-state index contributed by atoms with van der Waals surface area (Å²) in [6.07, 6.45) is 1.27. The van der Waals surface area contributed by atoms with Gasteiger partial charge in [-0.2, -0.15) is 0 Å². The monoisotopic (exact) mass is 335 g/mol. The third-order valence-electron chi connectivity index (χ3n) is 3.59. The zero-order chi connectivity index (χ0) is 17.6. The van der Waals surface area contributed by atoms with Crippen molar-refractivity contribution in [3.8, 4) is 17.4 Å². The van der Waals surface area contributed by atoms with Gasteiger partial charge in [-0.1, -0.05) is 30.3 Å². The van der Waals surface area contributed by atoms with Crippen LogP contribution in [-0.4, -0.2) is 16.1 Å². The highest BCUT2D eigenvalue weighted by Crippen LogP contribution is 2.27. The predicted molar refractivity (Wildman–Crippen MR) is 93.2 cm³/mol. The summed E-state index contributed by atoms with van der Waals surface area (Å²) in [6, 6.07) is 18.5. The van der Waals surface area contributed by atoms with E-state index in [2.05, 4.69) is 4.98 Å². The Labute approximate surface area is 145 Å². The number of aryl methyl sites for hydroxylation is 1. The normalized spacial score (nSPS) is 10.3. The van der Waals surface area contributed by atoms with Crippen molar-refractivity contribution in [1.82, 2.24) is 4.98 Å². The molecule has 2 aromatic carbocycles. The molecule has 5 nitrogen and oxygen atoms in total. The van der Waals surface area contributed by atoms with Crippen LogP contribution in [0.15, 0.2) is 66.9 Å². The van der Waals surface area contributed by atoms with Gasteiger partial charge in [0.15, 0.2) is 0 Å². The van der Waals surface area contributed by atoms with Crippen LogP contribution in [-0.2, 0) is 6.61 Å². The number of hydrogen-bond donors (Lipinski definition) is 1. The van der Waals surface area contributed by atoms with E-state index in [0.717, 1.165) is 16.9 Å². The van der Waals surface area contributed by atoms with E-state index in [1.807, 2.05) is 55.5 Å². The van der Waals surface area contributed by atoms with Crippen LogP contribution in [0.4, 0.5) is 0 Å². The fourth-order valence-corrected chi connectivity index (χ4v) is 2.25. The lowest BCUT2D eigenvalue weighted by atomic mass is 10.2. The summed E-state index contributed by atoms with van der Waals surface area (Å²) in [5, 5.41) is 8.88. The van der Waals surface area contributed by atoms with Crippen molar-refractivity contribution < 1.29 is 19.4 Å². The average Bonchev–Trinajstić information content (AvgIpc) is 2.63. The summed E-state index contributed by atoms with van der Waals surface area (Å²) in [6.45, 7) is 2.41. The Morgan fingerprint density at radius 3 is 2.52 bits per heavy atom. The highest BCUT2D eigenvalue weighted by Gasteiger charge is 2.07. The third kappa shape index (κ3) is 4.35. The van der Waals surface area contributed by atoms with Gasteiger partial charge in [-0.25, -0.2) is 9.78 Å². The Kier molecular flexibility index (Phi) is 4.95. The molecule has 25 heavy (non-hydrogen) atoms. The minimum absolute atomic E-state index is 0.119. The van der Waals surface area contributed by atoms with Gasteiger partial charge in [-0.3, -0.25) is 0 Å². The Bertz CT molecular complexity index is 861. The van der Waals surface area contributed by atoms with Crippen LogP contribution in [0.1, 0.15) is 21.5 Å². The van der Waals surface area contributed by atoms with Gasteiger partial charge in [-0.05, 0) is 42.3 Å². The first-order valence-electron chi connectivity index (χ1n) is 7.76. The van der Waals surface area contributed by atoms with Crippen LogP contribution in [0.25, 0.3) is 0 Å². The first-order chi connectivity index (χ1) is 12.1. The van der Waals surface area contributed by atoms with Crippen molar-refractivity contribution >= 4 is 5.97 Å². The molecule has 1 N–H and O–H groups in total. The number of carboxylic acid groups (broad SMARTS) is 1. The molecule has 126 valence electrons. The molecule has 0 aliphatic rings. The standard InChI is InChI=1S/C20H17NO4/c1-14-11-17(24-13-15-5-3-2-4-6-15)8-9-18(14)25-19-10-7-16(12-21-19)20(22)23/h2-12H,13H2,1H3,(H,22,23). The molecule has 0 radical (unpaired) electrons. The molecule has 0 amide bonds. The van der Waals surface area contributed by atoms with E-state index in [-0.39, 0.29) is 5.56 Å². The van der Waals surface area contributed by atoms with Crippen molar-refractivity contribution in [3.05, 3.63) is 83.6 Å². The maximum absolute atomic E-state index is 10.8. The second-order valence-corrected chi connectivity index (χ2v) is 5.49. The molecular weight excluding hydrogens is 318 g/mol. The number of ether oxygens (including phenoxy) is 2. The molecule has 0 spiro atoms. The number of nitrogens with zero attached hydrogens (tertiary/aromatic N) is 1. The van der Waals surface area contributed by atoms with E-state index >= 15 is 0 Å². The molecule has 0 aliphatic carbocycles. The second kappa shape index (κ2) is 7.49. The number of hydrogen-bond acceptors (Lipinski definition) is 4. The number of carboxylic acids is 1. The number of carbonyl (C=O) groups is 1. The summed E-state index contributed by atoms with van der Waals surface area (Å²) < 4.78 is 11.5. The lowest BCUT2D eigenvalue weighted by molar-refractivity contribution is 0.0696. The van der Waals surface area contributed by atoms with Crippen molar-refractivity contribution in [2.24, 2.45) is 0 Å². The Morgan fingerprint density at radius 2 is 1.88 bits per heavy atom. The Balaban J connectivity index is 1.66. The van der Waals surface area contributed by atoms with Crippen molar-refractivity contribution in [3.63, 3.8) is 0 Å². The molecule has 3 aromatic rings. The number of benzene rings is 2. The highest BCUT2D eigenvalue weighted by atomic mass is 16.5. The van der Waals surface area contributed by atoms with Gasteiger partial charge in [0.05, 0.1) is 5.56 Å². The summed E-state index contributed by atoms with van der Waals surface area (Å²) >= 11 is 0. The predicted octanol–water partition coefficient (Wildman–Crippen LogP) is 4.46. The van der Waals surface area contributed by atoms with Gasteiger partial charge in [0.25, 0.3) is 0 Å². The van der Waals surface area contributed by atoms with Gasteiger partial charge in [-0.15, -0.1) is 0 Å². The van der Waals surface area contributed by atoms with Gasteiger partial charge >= 0.3 is 5.97 Å². The second-order valence-electron chi connectivity index (χ2n) is 5.49. The molecule has 0 atom stereocenters. The average molecular weight is 335 g/mol. The van der Waals surface area contributed by atoms with Crippen LogP contribution < -0.4 is 9.47 Å². The maximum atomic E-state index is 10.8. The van der Waals surface area contributed by atoms with Crippen LogP contribution in [0.5, 0.6) is 17.4 Å². The van der Waals surface area contributed by atoms with Gasteiger partial charge in [0.2, 0.25) is 5.88 Å². The topological polar surface area (TPSA) is 68.7 Å². The van der Waals surface area contributed by atoms with E-state index in [1.165, 1.54) is 18.3 Å². The van der Waals surface area contributed by atoms with Crippen molar-refractivity contribution in [2.75, 3.05) is 0 Å². The van der Waals surface area contributed by atoms with Crippen molar-refractivity contribution in [1.29, 1.82) is 0 Å². The minimum atomic E-state index is -1.02. The number of pyridine rings is 1. The van der Waals surface area contributed by atoms with Gasteiger partial charge in [0, 0.05) is 12.3 Å². The molecule has 1 aromatic heterocycles. The molecule has 5 heteroatoms. The fourth-order valence-electron chi connectivity index (χ4n) is 2.25. The van der Waals surface area contributed by atoms with Gasteiger partial charge < -0.3 is 14.6 Å². The lowest BCUT2D eigenvalue weighted by Crippen LogP contribution is -1.98. The van der Waals surface area contributed by atoms with Crippen LogP contribution in [0.2, 0.25) is 0 Å². The lowest BCUT2D eigenvalue weighted by Gasteiger charge is -2.11. The summed E-state index contributed by atoms with van der Waals surface area (Å²) in [5.41, 5.74) is 2.12. The van der Waals surface area contributed by atoms with Crippen LogP contribution in [0.3, 0.4) is 0 Å². The third-order valence-corrected chi connectivity index (χ3v) is 3.59. The molecule has 3 rings (SSSR count). The van der Waals surface area contributed by atoms with Crippen LogP contribution in [0, 0.1) is 6.92 Å². The molecular formula is C20H17NO4. The zero-order valence-corrected chi connectivity index (χ0v) is 13.7. The summed E-state index contributed by atoms with van der Waals surface area (Å²) in [5.74, 6) is 0.715. The fraction of sp³-hybridized carbons (Fsp3) is 0.100. The summed E-state index contributed by atoms with van der Waals surface area (Å²) in [4.78, 5) is 14.8. The van der Waals surface area contributed by atoms with E-state index < -0.39 is 5.97 Å². The van der Waals surface area contributed by atoms with E-state index in [1.54, 1.807) is 0 Å². The molecule has 0 fully saturated rings. The first-order valence-corrected chi connectivity index (χ1v) is 7.76. The quantitative estimate of drug-likeness (QED) is 0.720. The Hall–Kier alpha value is -3.34. The van der Waals surface area contributed by atoms with E-state index in [9.17, 15) is 4.79 Å².